The quantitative estimate of drug-likeness (QED) is 0.0279. The SMILES string of the molecule is CCCCC/C=C\C/C=C\CCCCCCCCCCCC(=O)OC(COC(=O)CCCCCCCCCCCCCCCCCCCCCCC)COP(=O)(O)OC. The highest BCUT2D eigenvalue weighted by atomic mass is 31.2. The molecule has 2 atom stereocenters. The minimum Gasteiger partial charge on any atom is -0.462 e. The van der Waals surface area contributed by atoms with Gasteiger partial charge in [0.2, 0.25) is 0 Å². The van der Waals surface area contributed by atoms with E-state index in [1.54, 1.807) is 0 Å². The van der Waals surface area contributed by atoms with Gasteiger partial charge in [-0.25, -0.2) is 4.57 Å². The van der Waals surface area contributed by atoms with Gasteiger partial charge < -0.3 is 14.4 Å². The van der Waals surface area contributed by atoms with Crippen LogP contribution in [0.25, 0.3) is 0 Å². The van der Waals surface area contributed by atoms with Gasteiger partial charge in [0.05, 0.1) is 6.61 Å². The summed E-state index contributed by atoms with van der Waals surface area (Å²) < 4.78 is 32.1. The van der Waals surface area contributed by atoms with E-state index in [1.165, 1.54) is 180 Å². The number of rotatable bonds is 47. The molecule has 0 aliphatic carbocycles. The Morgan fingerprint density at radius 3 is 1.22 bits per heavy atom. The molecular formula is C50H95O8P. The van der Waals surface area contributed by atoms with E-state index in [0.717, 1.165) is 52.1 Å². The molecule has 0 aromatic rings. The molecule has 0 aromatic heterocycles. The van der Waals surface area contributed by atoms with Crippen LogP contribution in [0, 0.1) is 0 Å². The zero-order valence-electron chi connectivity index (χ0n) is 38.9. The normalized spacial score (nSPS) is 13.4. The van der Waals surface area contributed by atoms with E-state index < -0.39 is 26.5 Å². The third kappa shape index (κ3) is 45.9. The highest BCUT2D eigenvalue weighted by Gasteiger charge is 2.24. The number of phosphoric acid groups is 1. The van der Waals surface area contributed by atoms with Crippen LogP contribution >= 0.6 is 7.82 Å². The zero-order valence-corrected chi connectivity index (χ0v) is 39.8. The van der Waals surface area contributed by atoms with Gasteiger partial charge in [0.15, 0.2) is 6.10 Å². The summed E-state index contributed by atoms with van der Waals surface area (Å²) in [7, 11) is -3.20. The van der Waals surface area contributed by atoms with Gasteiger partial charge >= 0.3 is 19.8 Å². The summed E-state index contributed by atoms with van der Waals surface area (Å²) in [5.41, 5.74) is 0. The second-order valence-electron chi connectivity index (χ2n) is 17.0. The summed E-state index contributed by atoms with van der Waals surface area (Å²) in [6.07, 6.45) is 53.8. The second kappa shape index (κ2) is 46.0. The fourth-order valence-corrected chi connectivity index (χ4v) is 7.80. The molecule has 0 rings (SSSR count). The van der Waals surface area contributed by atoms with Crippen molar-refractivity contribution in [2.75, 3.05) is 20.3 Å². The summed E-state index contributed by atoms with van der Waals surface area (Å²) in [5, 5.41) is 0. The van der Waals surface area contributed by atoms with Crippen molar-refractivity contribution in [1.29, 1.82) is 0 Å². The molecule has 0 fully saturated rings. The number of carbonyl (C=O) groups is 2. The number of hydrogen-bond donors (Lipinski definition) is 1. The Balaban J connectivity index is 3.88. The number of unbranched alkanes of at least 4 members (excludes halogenated alkanes) is 32. The average Bonchev–Trinajstić information content (AvgIpc) is 3.23. The van der Waals surface area contributed by atoms with Crippen LogP contribution in [0.3, 0.4) is 0 Å². The van der Waals surface area contributed by atoms with Gasteiger partial charge in [0.1, 0.15) is 6.61 Å². The van der Waals surface area contributed by atoms with E-state index >= 15 is 0 Å². The smallest absolute Gasteiger partial charge is 0.462 e. The van der Waals surface area contributed by atoms with Crippen molar-refractivity contribution in [2.45, 2.75) is 264 Å². The Morgan fingerprint density at radius 2 is 0.814 bits per heavy atom. The molecule has 8 nitrogen and oxygen atoms in total. The second-order valence-corrected chi connectivity index (χ2v) is 18.5. The molecule has 0 saturated carbocycles. The lowest BCUT2D eigenvalue weighted by molar-refractivity contribution is -0.161. The van der Waals surface area contributed by atoms with Crippen LogP contribution in [0.2, 0.25) is 0 Å². The Hall–Kier alpha value is -1.47. The van der Waals surface area contributed by atoms with Crippen LogP contribution in [0.1, 0.15) is 258 Å². The molecule has 59 heavy (non-hydrogen) atoms. The van der Waals surface area contributed by atoms with Crippen molar-refractivity contribution in [1.82, 2.24) is 0 Å². The van der Waals surface area contributed by atoms with Gasteiger partial charge in [-0.15, -0.1) is 0 Å². The Labute approximate surface area is 364 Å². The van der Waals surface area contributed by atoms with E-state index in [-0.39, 0.29) is 19.0 Å². The zero-order chi connectivity index (χ0) is 43.2. The van der Waals surface area contributed by atoms with Crippen molar-refractivity contribution in [3.63, 3.8) is 0 Å². The molecule has 0 bridgehead atoms. The van der Waals surface area contributed by atoms with Crippen molar-refractivity contribution >= 4 is 19.8 Å². The van der Waals surface area contributed by atoms with Crippen LogP contribution in [0.15, 0.2) is 24.3 Å². The van der Waals surface area contributed by atoms with Crippen LogP contribution in [-0.4, -0.2) is 43.3 Å². The monoisotopic (exact) mass is 855 g/mol. The number of hydrogen-bond acceptors (Lipinski definition) is 7. The van der Waals surface area contributed by atoms with E-state index in [0.29, 0.717) is 12.8 Å². The van der Waals surface area contributed by atoms with Crippen molar-refractivity contribution < 1.29 is 37.6 Å². The molecule has 348 valence electrons. The molecular weight excluding hydrogens is 760 g/mol. The van der Waals surface area contributed by atoms with Crippen LogP contribution < -0.4 is 0 Å². The lowest BCUT2D eigenvalue weighted by Gasteiger charge is -2.19. The number of ether oxygens (including phenoxy) is 2. The first-order valence-electron chi connectivity index (χ1n) is 25.0. The van der Waals surface area contributed by atoms with Gasteiger partial charge in [-0.2, -0.15) is 0 Å². The molecule has 0 radical (unpaired) electrons. The number of carbonyl (C=O) groups excluding carboxylic acids is 2. The highest BCUT2D eigenvalue weighted by Crippen LogP contribution is 2.42. The topological polar surface area (TPSA) is 108 Å². The molecule has 0 aliphatic heterocycles. The summed E-state index contributed by atoms with van der Waals surface area (Å²) >= 11 is 0. The third-order valence-electron chi connectivity index (χ3n) is 11.2. The van der Waals surface area contributed by atoms with Gasteiger partial charge in [0, 0.05) is 20.0 Å². The standard InChI is InChI=1S/C50H95O8P/c1-4-6-8-10-12-14-16-18-20-22-24-25-27-28-30-32-34-36-38-40-42-44-49(51)56-46-48(47-57-59(53,54)55-3)58-50(52)45-43-41-39-37-35-33-31-29-26-23-21-19-17-15-13-11-9-7-5-2/h13,15,19,21,48H,4-12,14,16-18,20,22-47H2,1-3H3,(H,53,54)/b15-13-,21-19-. The van der Waals surface area contributed by atoms with Crippen LogP contribution in [0.4, 0.5) is 0 Å². The van der Waals surface area contributed by atoms with Gasteiger partial charge in [-0.05, 0) is 44.9 Å². The Bertz CT molecular complexity index is 1010. The first-order chi connectivity index (χ1) is 28.8. The number of esters is 2. The Morgan fingerprint density at radius 1 is 0.475 bits per heavy atom. The molecule has 1 N–H and O–H groups in total. The molecule has 0 amide bonds. The molecule has 2 unspecified atom stereocenters. The lowest BCUT2D eigenvalue weighted by Crippen LogP contribution is -2.29. The summed E-state index contributed by atoms with van der Waals surface area (Å²) in [6, 6.07) is 0. The van der Waals surface area contributed by atoms with E-state index in [2.05, 4.69) is 42.7 Å². The maximum absolute atomic E-state index is 12.6. The maximum atomic E-state index is 12.6. The van der Waals surface area contributed by atoms with E-state index in [4.69, 9.17) is 14.0 Å². The lowest BCUT2D eigenvalue weighted by atomic mass is 10.0. The van der Waals surface area contributed by atoms with Gasteiger partial charge in [0.25, 0.3) is 0 Å². The van der Waals surface area contributed by atoms with Crippen molar-refractivity contribution in [2.24, 2.45) is 0 Å². The maximum Gasteiger partial charge on any atom is 0.472 e. The third-order valence-corrected chi connectivity index (χ3v) is 12.1. The van der Waals surface area contributed by atoms with E-state index in [1.807, 2.05) is 0 Å². The first-order valence-corrected chi connectivity index (χ1v) is 26.5. The van der Waals surface area contributed by atoms with Crippen LogP contribution in [0.5, 0.6) is 0 Å². The minimum atomic E-state index is -4.26. The predicted octanol–water partition coefficient (Wildman–Crippen LogP) is 16.2. The average molecular weight is 855 g/mol. The van der Waals surface area contributed by atoms with Gasteiger partial charge in [-0.3, -0.25) is 18.6 Å². The Kier molecular flexibility index (Phi) is 44.9. The highest BCUT2D eigenvalue weighted by molar-refractivity contribution is 7.47. The minimum absolute atomic E-state index is 0.222. The molecule has 9 heteroatoms. The molecule has 0 aromatic carbocycles. The molecule has 0 spiro atoms. The molecule has 0 saturated heterocycles. The summed E-state index contributed by atoms with van der Waals surface area (Å²) in [6.45, 7) is 3.90. The summed E-state index contributed by atoms with van der Waals surface area (Å²) in [4.78, 5) is 34.6. The molecule has 0 heterocycles. The van der Waals surface area contributed by atoms with E-state index in [9.17, 15) is 19.0 Å². The summed E-state index contributed by atoms with van der Waals surface area (Å²) in [5.74, 6) is -0.794. The van der Waals surface area contributed by atoms with Crippen LogP contribution in [-0.2, 0) is 32.7 Å². The largest absolute Gasteiger partial charge is 0.472 e. The molecule has 0 aliphatic rings. The fraction of sp³-hybridized carbons (Fsp3) is 0.880. The predicted molar refractivity (Wildman–Crippen MR) is 249 cm³/mol. The van der Waals surface area contributed by atoms with Crippen molar-refractivity contribution in [3.8, 4) is 0 Å². The van der Waals surface area contributed by atoms with Gasteiger partial charge in [-0.1, -0.05) is 224 Å². The first kappa shape index (κ1) is 57.5. The fourth-order valence-electron chi connectivity index (χ4n) is 7.34. The number of allylic oxidation sites excluding steroid dienone is 4. The van der Waals surface area contributed by atoms with Crippen molar-refractivity contribution in [3.05, 3.63) is 24.3 Å². The number of phosphoric ester groups is 1.